The number of fused-ring (bicyclic) bond motifs is 1. The van der Waals surface area contributed by atoms with Gasteiger partial charge >= 0.3 is 0 Å². The molecule has 0 aliphatic carbocycles. The van der Waals surface area contributed by atoms with Crippen LogP contribution in [-0.2, 0) is 17.1 Å². The van der Waals surface area contributed by atoms with Crippen molar-refractivity contribution in [3.8, 4) is 0 Å². The van der Waals surface area contributed by atoms with Gasteiger partial charge in [-0.3, -0.25) is 4.68 Å². The first kappa shape index (κ1) is 18.4. The first-order chi connectivity index (χ1) is 12.8. The summed E-state index contributed by atoms with van der Waals surface area (Å²) in [7, 11) is -2.24. The fourth-order valence-corrected chi connectivity index (χ4v) is 5.44. The molecule has 0 bridgehead atoms. The molecule has 2 unspecified atom stereocenters. The van der Waals surface area contributed by atoms with Crippen molar-refractivity contribution < 1.29 is 13.5 Å². The Balaban J connectivity index is 1.60. The molecule has 0 saturated carbocycles. The molecule has 0 spiro atoms. The Bertz CT molecular complexity index is 1110. The van der Waals surface area contributed by atoms with Crippen LogP contribution in [0.2, 0.25) is 5.15 Å². The van der Waals surface area contributed by atoms with E-state index >= 15 is 0 Å². The van der Waals surface area contributed by atoms with Gasteiger partial charge in [0, 0.05) is 32.3 Å². The van der Waals surface area contributed by atoms with Gasteiger partial charge in [-0.2, -0.15) is 14.5 Å². The molecule has 0 amide bonds. The molecule has 4 rings (SSSR count). The van der Waals surface area contributed by atoms with Crippen LogP contribution < -0.4 is 0 Å². The van der Waals surface area contributed by atoms with Crippen LogP contribution in [0.4, 0.5) is 0 Å². The maximum absolute atomic E-state index is 12.9. The summed E-state index contributed by atoms with van der Waals surface area (Å²) in [6.07, 6.45) is 4.21. The lowest BCUT2D eigenvalue weighted by Crippen LogP contribution is -2.45. The average Bonchev–Trinajstić information content (AvgIpc) is 3.21. The lowest BCUT2D eigenvalue weighted by molar-refractivity contribution is 0.0850. The quantitative estimate of drug-likeness (QED) is 0.689. The first-order valence-electron chi connectivity index (χ1n) is 8.44. The number of hydrogen-bond donors (Lipinski definition) is 1. The van der Waals surface area contributed by atoms with Gasteiger partial charge in [-0.05, 0) is 30.5 Å². The number of rotatable bonds is 3. The summed E-state index contributed by atoms with van der Waals surface area (Å²) in [5.74, 6) is -0.186. The molecule has 1 saturated heterocycles. The van der Waals surface area contributed by atoms with Crippen molar-refractivity contribution in [3.63, 3.8) is 0 Å². The molecule has 3 aromatic heterocycles. The lowest BCUT2D eigenvalue weighted by Gasteiger charge is -2.35. The van der Waals surface area contributed by atoms with Crippen molar-refractivity contribution >= 4 is 27.3 Å². The number of pyridine rings is 1. The Morgan fingerprint density at radius 1 is 1.33 bits per heavy atom. The highest BCUT2D eigenvalue weighted by Gasteiger charge is 2.37. The van der Waals surface area contributed by atoms with Gasteiger partial charge in [0.1, 0.15) is 16.4 Å². The van der Waals surface area contributed by atoms with Crippen LogP contribution in [-0.4, -0.2) is 61.4 Å². The minimum absolute atomic E-state index is 0.00689. The number of hydrogen-bond acceptors (Lipinski definition) is 6. The van der Waals surface area contributed by atoms with Crippen LogP contribution in [0, 0.1) is 6.92 Å². The maximum atomic E-state index is 12.9. The normalized spacial score (nSPS) is 21.8. The second-order valence-corrected chi connectivity index (χ2v) is 8.99. The Kier molecular flexibility index (Phi) is 4.46. The first-order valence-corrected chi connectivity index (χ1v) is 10.3. The summed E-state index contributed by atoms with van der Waals surface area (Å²) in [5, 5.41) is 18.8. The van der Waals surface area contributed by atoms with E-state index in [9.17, 15) is 13.5 Å². The van der Waals surface area contributed by atoms with Gasteiger partial charge in [0.25, 0.3) is 0 Å². The predicted molar refractivity (Wildman–Crippen MR) is 98.1 cm³/mol. The SMILES string of the molecule is Cc1cc2ncnn2cc1C1CCN(S(=O)(=O)c2cnn(C)c2Cl)CC1O. The number of aliphatic hydroxyl groups is 1. The zero-order valence-corrected chi connectivity index (χ0v) is 16.4. The molecule has 1 fully saturated rings. The molecule has 144 valence electrons. The Morgan fingerprint density at radius 3 is 2.78 bits per heavy atom. The van der Waals surface area contributed by atoms with Crippen molar-refractivity contribution in [3.05, 3.63) is 41.1 Å². The Hall–Kier alpha value is -2.01. The molecule has 1 N–H and O–H groups in total. The summed E-state index contributed by atoms with van der Waals surface area (Å²) in [6.45, 7) is 2.23. The van der Waals surface area contributed by atoms with Crippen LogP contribution in [0.1, 0.15) is 23.5 Å². The molecule has 0 aromatic carbocycles. The van der Waals surface area contributed by atoms with E-state index in [-0.39, 0.29) is 29.1 Å². The van der Waals surface area contributed by atoms with Gasteiger partial charge in [-0.25, -0.2) is 17.9 Å². The highest BCUT2D eigenvalue weighted by atomic mass is 35.5. The Labute approximate surface area is 161 Å². The third-order valence-corrected chi connectivity index (χ3v) is 7.49. The molecule has 1 aliphatic heterocycles. The zero-order valence-electron chi connectivity index (χ0n) is 14.8. The summed E-state index contributed by atoms with van der Waals surface area (Å²) < 4.78 is 30.0. The minimum atomic E-state index is -3.82. The van der Waals surface area contributed by atoms with Crippen molar-refractivity contribution in [1.82, 2.24) is 28.7 Å². The van der Waals surface area contributed by atoms with Crippen molar-refractivity contribution in [2.75, 3.05) is 13.1 Å². The molecule has 11 heteroatoms. The summed E-state index contributed by atoms with van der Waals surface area (Å²) in [4.78, 5) is 4.11. The monoisotopic (exact) mass is 410 g/mol. The van der Waals surface area contributed by atoms with Crippen LogP contribution in [0.25, 0.3) is 5.65 Å². The predicted octanol–water partition coefficient (Wildman–Crippen LogP) is 0.964. The standard InChI is InChI=1S/C16H19ClN6O3S/c1-10-5-15-18-9-20-23(15)7-12(10)11-3-4-22(8-13(11)24)27(25,26)14-6-19-21(2)16(14)17/h5-7,9,11,13,24H,3-4,8H2,1-2H3. The number of halogens is 1. The lowest BCUT2D eigenvalue weighted by atomic mass is 9.86. The van der Waals surface area contributed by atoms with Crippen LogP contribution in [0.5, 0.6) is 0 Å². The molecular weight excluding hydrogens is 392 g/mol. The van der Waals surface area contributed by atoms with Gasteiger partial charge < -0.3 is 5.11 Å². The van der Waals surface area contributed by atoms with Crippen LogP contribution in [0.15, 0.2) is 29.7 Å². The van der Waals surface area contributed by atoms with E-state index in [0.29, 0.717) is 6.42 Å². The van der Waals surface area contributed by atoms with Gasteiger partial charge in [0.2, 0.25) is 10.0 Å². The minimum Gasteiger partial charge on any atom is -0.391 e. The highest BCUT2D eigenvalue weighted by molar-refractivity contribution is 7.89. The molecule has 1 aliphatic rings. The van der Waals surface area contributed by atoms with E-state index in [2.05, 4.69) is 15.2 Å². The molecule has 0 radical (unpaired) electrons. The van der Waals surface area contributed by atoms with Gasteiger partial charge in [0.05, 0.1) is 12.3 Å². The van der Waals surface area contributed by atoms with E-state index in [1.807, 2.05) is 19.2 Å². The van der Waals surface area contributed by atoms with E-state index in [1.54, 1.807) is 11.6 Å². The number of aryl methyl sites for hydroxylation is 2. The van der Waals surface area contributed by atoms with E-state index in [1.165, 1.54) is 21.5 Å². The van der Waals surface area contributed by atoms with E-state index < -0.39 is 16.1 Å². The van der Waals surface area contributed by atoms with Crippen LogP contribution >= 0.6 is 11.6 Å². The topological polar surface area (TPSA) is 106 Å². The summed E-state index contributed by atoms with van der Waals surface area (Å²) in [5.41, 5.74) is 2.67. The van der Waals surface area contributed by atoms with Crippen molar-refractivity contribution in [1.29, 1.82) is 0 Å². The molecule has 27 heavy (non-hydrogen) atoms. The fraction of sp³-hybridized carbons (Fsp3) is 0.438. The maximum Gasteiger partial charge on any atom is 0.247 e. The number of aromatic nitrogens is 5. The van der Waals surface area contributed by atoms with Crippen molar-refractivity contribution in [2.45, 2.75) is 30.3 Å². The van der Waals surface area contributed by atoms with Gasteiger partial charge in [0.15, 0.2) is 5.65 Å². The second-order valence-electron chi connectivity index (χ2n) is 6.72. The number of sulfonamides is 1. The third kappa shape index (κ3) is 3.02. The average molecular weight is 411 g/mol. The third-order valence-electron chi connectivity index (χ3n) is 5.06. The molecular formula is C16H19ClN6O3S. The van der Waals surface area contributed by atoms with Gasteiger partial charge in [-0.1, -0.05) is 11.6 Å². The number of piperidine rings is 1. The van der Waals surface area contributed by atoms with E-state index in [0.717, 1.165) is 16.8 Å². The van der Waals surface area contributed by atoms with E-state index in [4.69, 9.17) is 11.6 Å². The molecule has 2 atom stereocenters. The summed E-state index contributed by atoms with van der Waals surface area (Å²) >= 11 is 6.06. The number of nitrogens with zero attached hydrogens (tertiary/aromatic N) is 6. The second kappa shape index (κ2) is 6.55. The van der Waals surface area contributed by atoms with Crippen molar-refractivity contribution in [2.24, 2.45) is 7.05 Å². The van der Waals surface area contributed by atoms with Crippen LogP contribution in [0.3, 0.4) is 0 Å². The molecule has 3 aromatic rings. The number of β-amino-alcohol motifs (C(OH)–C–C–N with tert-alkyl or cyclic N) is 1. The number of aliphatic hydroxyl groups excluding tert-OH is 1. The Morgan fingerprint density at radius 2 is 2.11 bits per heavy atom. The molecule has 4 heterocycles. The zero-order chi connectivity index (χ0) is 19.3. The smallest absolute Gasteiger partial charge is 0.247 e. The summed E-state index contributed by atoms with van der Waals surface area (Å²) in [6, 6.07) is 1.91. The van der Waals surface area contributed by atoms with Gasteiger partial charge in [-0.15, -0.1) is 0 Å². The molecule has 9 nitrogen and oxygen atoms in total. The fourth-order valence-electron chi connectivity index (χ4n) is 3.56. The highest BCUT2D eigenvalue weighted by Crippen LogP contribution is 2.34. The largest absolute Gasteiger partial charge is 0.391 e.